The SMILES string of the molecule is COC(=O)c1c(S(=O)(=O)N2CCN(c3ccc(F)cc3)CC2)n[nH]c1C. The number of aryl methyl sites for hydroxylation is 1. The van der Waals surface area contributed by atoms with Crippen LogP contribution in [-0.2, 0) is 14.8 Å². The lowest BCUT2D eigenvalue weighted by Crippen LogP contribution is -2.49. The molecule has 0 saturated carbocycles. The lowest BCUT2D eigenvalue weighted by molar-refractivity contribution is 0.0595. The van der Waals surface area contributed by atoms with Crippen molar-refractivity contribution in [1.82, 2.24) is 14.5 Å². The number of H-pyrrole nitrogens is 1. The number of hydrogen-bond donors (Lipinski definition) is 1. The first-order chi connectivity index (χ1) is 12.3. The Balaban J connectivity index is 1.78. The van der Waals surface area contributed by atoms with Crippen molar-refractivity contribution < 1.29 is 22.3 Å². The van der Waals surface area contributed by atoms with Gasteiger partial charge < -0.3 is 9.64 Å². The van der Waals surface area contributed by atoms with Crippen LogP contribution in [0.2, 0.25) is 0 Å². The second-order valence-electron chi connectivity index (χ2n) is 5.89. The van der Waals surface area contributed by atoms with Crippen LogP contribution in [0.1, 0.15) is 16.1 Å². The minimum Gasteiger partial charge on any atom is -0.465 e. The molecule has 3 rings (SSSR count). The van der Waals surface area contributed by atoms with Crippen LogP contribution in [0.15, 0.2) is 29.3 Å². The number of methoxy groups -OCH3 is 1. The van der Waals surface area contributed by atoms with Crippen molar-refractivity contribution in [2.75, 3.05) is 38.2 Å². The van der Waals surface area contributed by atoms with Crippen molar-refractivity contribution >= 4 is 21.7 Å². The van der Waals surface area contributed by atoms with Gasteiger partial charge >= 0.3 is 5.97 Å². The van der Waals surface area contributed by atoms with E-state index < -0.39 is 16.0 Å². The molecule has 0 bridgehead atoms. The Hall–Kier alpha value is -2.46. The van der Waals surface area contributed by atoms with Crippen LogP contribution in [0.3, 0.4) is 0 Å². The summed E-state index contributed by atoms with van der Waals surface area (Å²) in [5, 5.41) is 6.02. The number of esters is 1. The molecule has 0 spiro atoms. The van der Waals surface area contributed by atoms with Crippen LogP contribution in [-0.4, -0.2) is 62.2 Å². The van der Waals surface area contributed by atoms with E-state index in [0.29, 0.717) is 18.8 Å². The third kappa shape index (κ3) is 3.29. The highest BCUT2D eigenvalue weighted by atomic mass is 32.2. The van der Waals surface area contributed by atoms with Crippen molar-refractivity contribution in [1.29, 1.82) is 0 Å². The summed E-state index contributed by atoms with van der Waals surface area (Å²) in [4.78, 5) is 13.9. The second-order valence-corrected chi connectivity index (χ2v) is 7.74. The van der Waals surface area contributed by atoms with Gasteiger partial charge in [-0.05, 0) is 31.2 Å². The molecule has 2 aromatic rings. The number of sulfonamides is 1. The molecule has 0 atom stereocenters. The average molecular weight is 382 g/mol. The number of rotatable bonds is 4. The van der Waals surface area contributed by atoms with Crippen LogP contribution in [0.4, 0.5) is 10.1 Å². The molecule has 8 nitrogen and oxygen atoms in total. The number of carbonyl (C=O) groups is 1. The number of nitrogens with one attached hydrogen (secondary N) is 1. The Morgan fingerprint density at radius 2 is 1.81 bits per heavy atom. The first kappa shape index (κ1) is 18.3. The predicted molar refractivity (Wildman–Crippen MR) is 92.0 cm³/mol. The normalized spacial score (nSPS) is 15.9. The molecule has 140 valence electrons. The molecule has 0 amide bonds. The van der Waals surface area contributed by atoms with Gasteiger partial charge in [0.05, 0.1) is 7.11 Å². The topological polar surface area (TPSA) is 95.6 Å². The molecule has 1 saturated heterocycles. The number of piperazine rings is 1. The largest absolute Gasteiger partial charge is 0.465 e. The molecule has 1 aromatic carbocycles. The molecular weight excluding hydrogens is 363 g/mol. The standard InChI is InChI=1S/C16H19FN4O4S/c1-11-14(16(22)25-2)15(19-18-11)26(23,24)21-9-7-20(8-10-21)13-5-3-12(17)4-6-13/h3-6H,7-10H2,1-2H3,(H,18,19). The van der Waals surface area contributed by atoms with E-state index >= 15 is 0 Å². The van der Waals surface area contributed by atoms with Gasteiger partial charge in [0.1, 0.15) is 11.4 Å². The van der Waals surface area contributed by atoms with Crippen LogP contribution in [0, 0.1) is 12.7 Å². The summed E-state index contributed by atoms with van der Waals surface area (Å²) in [5.74, 6) is -1.07. The smallest absolute Gasteiger partial charge is 0.342 e. The molecule has 26 heavy (non-hydrogen) atoms. The first-order valence-electron chi connectivity index (χ1n) is 7.98. The highest BCUT2D eigenvalue weighted by Gasteiger charge is 2.35. The van der Waals surface area contributed by atoms with E-state index in [1.165, 1.54) is 23.5 Å². The molecule has 0 radical (unpaired) electrons. The Morgan fingerprint density at radius 1 is 1.19 bits per heavy atom. The van der Waals surface area contributed by atoms with Gasteiger partial charge in [0.15, 0.2) is 0 Å². The highest BCUT2D eigenvalue weighted by Crippen LogP contribution is 2.24. The maximum Gasteiger partial charge on any atom is 0.342 e. The number of halogens is 1. The van der Waals surface area contributed by atoms with Crippen LogP contribution in [0.5, 0.6) is 0 Å². The van der Waals surface area contributed by atoms with E-state index in [1.54, 1.807) is 19.1 Å². The van der Waals surface area contributed by atoms with E-state index in [9.17, 15) is 17.6 Å². The summed E-state index contributed by atoms with van der Waals surface area (Å²) in [5.41, 5.74) is 1.09. The number of anilines is 1. The number of ether oxygens (including phenoxy) is 1. The fourth-order valence-electron chi connectivity index (χ4n) is 2.90. The van der Waals surface area contributed by atoms with E-state index in [-0.39, 0.29) is 29.5 Å². The summed E-state index contributed by atoms with van der Waals surface area (Å²) in [6, 6.07) is 6.05. The predicted octanol–water partition coefficient (Wildman–Crippen LogP) is 1.15. The Labute approximate surface area is 150 Å². The lowest BCUT2D eigenvalue weighted by Gasteiger charge is -2.35. The van der Waals surface area contributed by atoms with Crippen LogP contribution in [0.25, 0.3) is 0 Å². The minimum absolute atomic E-state index is 0.0755. The van der Waals surface area contributed by atoms with Gasteiger partial charge in [0.25, 0.3) is 10.0 Å². The van der Waals surface area contributed by atoms with Gasteiger partial charge in [-0.1, -0.05) is 0 Å². The molecule has 1 aromatic heterocycles. The monoisotopic (exact) mass is 382 g/mol. The zero-order valence-corrected chi connectivity index (χ0v) is 15.2. The van der Waals surface area contributed by atoms with E-state index in [1.807, 2.05) is 4.90 Å². The zero-order valence-electron chi connectivity index (χ0n) is 14.4. The summed E-state index contributed by atoms with van der Waals surface area (Å²) in [7, 11) is -2.75. The number of aromatic nitrogens is 2. The Bertz CT molecular complexity index is 903. The van der Waals surface area contributed by atoms with Crippen molar-refractivity contribution in [3.63, 3.8) is 0 Å². The molecule has 2 heterocycles. The highest BCUT2D eigenvalue weighted by molar-refractivity contribution is 7.89. The number of carbonyl (C=O) groups excluding carboxylic acids is 1. The summed E-state index contributed by atoms with van der Waals surface area (Å²) in [6.45, 7) is 2.91. The molecule has 1 aliphatic heterocycles. The number of aromatic amines is 1. The summed E-state index contributed by atoms with van der Waals surface area (Å²) < 4.78 is 44.8. The van der Waals surface area contributed by atoms with Gasteiger partial charge in [0.2, 0.25) is 5.03 Å². The molecule has 0 unspecified atom stereocenters. The molecule has 0 aliphatic carbocycles. The molecular formula is C16H19FN4O4S. The van der Waals surface area contributed by atoms with E-state index in [2.05, 4.69) is 14.9 Å². The maximum atomic E-state index is 13.0. The van der Waals surface area contributed by atoms with Crippen molar-refractivity contribution in [2.45, 2.75) is 11.9 Å². The quantitative estimate of drug-likeness (QED) is 0.797. The third-order valence-electron chi connectivity index (χ3n) is 4.32. The number of hydrogen-bond acceptors (Lipinski definition) is 6. The number of nitrogens with zero attached hydrogens (tertiary/aromatic N) is 3. The van der Waals surface area contributed by atoms with Crippen molar-refractivity contribution in [2.24, 2.45) is 0 Å². The van der Waals surface area contributed by atoms with Crippen LogP contribution < -0.4 is 4.90 Å². The number of benzene rings is 1. The van der Waals surface area contributed by atoms with Gasteiger partial charge in [-0.2, -0.15) is 9.40 Å². The Morgan fingerprint density at radius 3 is 2.38 bits per heavy atom. The van der Waals surface area contributed by atoms with E-state index in [4.69, 9.17) is 0 Å². The van der Waals surface area contributed by atoms with Gasteiger partial charge in [-0.15, -0.1) is 0 Å². The summed E-state index contributed by atoms with van der Waals surface area (Å²) >= 11 is 0. The average Bonchev–Trinajstić information content (AvgIpc) is 3.04. The Kier molecular flexibility index (Phi) is 4.97. The van der Waals surface area contributed by atoms with Gasteiger partial charge in [-0.3, -0.25) is 5.10 Å². The molecule has 1 N–H and O–H groups in total. The fourth-order valence-corrected chi connectivity index (χ4v) is 4.44. The van der Waals surface area contributed by atoms with Gasteiger partial charge in [0, 0.05) is 37.6 Å². The van der Waals surface area contributed by atoms with E-state index in [0.717, 1.165) is 5.69 Å². The van der Waals surface area contributed by atoms with Gasteiger partial charge in [-0.25, -0.2) is 17.6 Å². The molecule has 10 heteroatoms. The third-order valence-corrected chi connectivity index (χ3v) is 6.15. The molecule has 1 aliphatic rings. The second kappa shape index (κ2) is 7.04. The summed E-state index contributed by atoms with van der Waals surface area (Å²) in [6.07, 6.45) is 0. The van der Waals surface area contributed by atoms with Crippen LogP contribution >= 0.6 is 0 Å². The zero-order chi connectivity index (χ0) is 18.9. The lowest BCUT2D eigenvalue weighted by atomic mass is 10.2. The first-order valence-corrected chi connectivity index (χ1v) is 9.42. The fraction of sp³-hybridized carbons (Fsp3) is 0.375. The maximum absolute atomic E-state index is 13.0. The van der Waals surface area contributed by atoms with Crippen molar-refractivity contribution in [3.8, 4) is 0 Å². The molecule has 1 fully saturated rings. The minimum atomic E-state index is -3.94. The van der Waals surface area contributed by atoms with Crippen molar-refractivity contribution in [3.05, 3.63) is 41.3 Å².